The molecule has 6 heteroatoms. The van der Waals surface area contributed by atoms with Gasteiger partial charge in [-0.1, -0.05) is 6.07 Å². The number of fused-ring (bicyclic) bond motifs is 2. The molecule has 0 radical (unpaired) electrons. The normalized spacial score (nSPS) is 30.6. The molecule has 1 N–H and O–H groups in total. The fraction of sp³-hybridized carbons (Fsp3) is 0.556. The van der Waals surface area contributed by atoms with Gasteiger partial charge in [0.05, 0.1) is 17.4 Å². The van der Waals surface area contributed by atoms with Crippen LogP contribution in [0.4, 0.5) is 0 Å². The zero-order valence-corrected chi connectivity index (χ0v) is 13.9. The molecule has 6 nitrogen and oxygen atoms in total. The number of aromatic nitrogens is 2. The van der Waals surface area contributed by atoms with Crippen LogP contribution in [0.5, 0.6) is 0 Å². The second-order valence-corrected chi connectivity index (χ2v) is 6.95. The Balaban J connectivity index is 1.62. The Bertz CT molecular complexity index is 805. The number of pyridine rings is 1. The van der Waals surface area contributed by atoms with Gasteiger partial charge in [0, 0.05) is 38.5 Å². The maximum Gasteiger partial charge on any atom is 0.258 e. The van der Waals surface area contributed by atoms with Crippen molar-refractivity contribution in [2.24, 2.45) is 0 Å². The minimum atomic E-state index is -0.269. The molecule has 2 aliphatic rings. The lowest BCUT2D eigenvalue weighted by molar-refractivity contribution is -0.0880. The van der Waals surface area contributed by atoms with Crippen molar-refractivity contribution >= 4 is 5.65 Å². The van der Waals surface area contributed by atoms with Gasteiger partial charge in [-0.2, -0.15) is 0 Å². The highest BCUT2D eigenvalue weighted by Crippen LogP contribution is 2.42. The van der Waals surface area contributed by atoms with Crippen LogP contribution in [0.15, 0.2) is 35.3 Å². The first kappa shape index (κ1) is 15.7. The quantitative estimate of drug-likeness (QED) is 0.916. The average Bonchev–Trinajstić information content (AvgIpc) is 2.94. The molecule has 4 rings (SSSR count). The Hall–Kier alpha value is -1.76. The van der Waals surface area contributed by atoms with Crippen LogP contribution >= 0.6 is 0 Å². The van der Waals surface area contributed by atoms with E-state index in [9.17, 15) is 9.90 Å². The van der Waals surface area contributed by atoms with E-state index < -0.39 is 0 Å². The molecule has 0 spiro atoms. The number of aliphatic hydroxyl groups is 1. The van der Waals surface area contributed by atoms with E-state index in [1.807, 2.05) is 18.2 Å². The number of ether oxygens (including phenoxy) is 1. The summed E-state index contributed by atoms with van der Waals surface area (Å²) < 4.78 is 7.43. The van der Waals surface area contributed by atoms with E-state index >= 15 is 0 Å². The number of hydrogen-bond donors (Lipinski definition) is 1. The van der Waals surface area contributed by atoms with Crippen molar-refractivity contribution < 1.29 is 9.84 Å². The molecule has 0 amide bonds. The van der Waals surface area contributed by atoms with Crippen molar-refractivity contribution in [1.29, 1.82) is 0 Å². The van der Waals surface area contributed by atoms with Crippen molar-refractivity contribution in [2.75, 3.05) is 13.7 Å². The minimum absolute atomic E-state index is 0.0588. The van der Waals surface area contributed by atoms with Crippen LogP contribution in [0, 0.1) is 0 Å². The van der Waals surface area contributed by atoms with E-state index in [1.54, 1.807) is 23.8 Å². The molecule has 2 aromatic heterocycles. The van der Waals surface area contributed by atoms with Crippen LogP contribution in [0.2, 0.25) is 0 Å². The second kappa shape index (κ2) is 5.95. The molecule has 3 atom stereocenters. The highest BCUT2D eigenvalue weighted by molar-refractivity contribution is 5.38. The van der Waals surface area contributed by atoms with Crippen molar-refractivity contribution in [3.05, 3.63) is 46.5 Å². The Labute approximate surface area is 140 Å². The van der Waals surface area contributed by atoms with Crippen LogP contribution < -0.4 is 5.56 Å². The van der Waals surface area contributed by atoms with Gasteiger partial charge in [0.1, 0.15) is 5.65 Å². The summed E-state index contributed by atoms with van der Waals surface area (Å²) in [4.78, 5) is 19.2. The maximum absolute atomic E-state index is 12.3. The molecule has 1 saturated carbocycles. The first-order valence-corrected chi connectivity index (χ1v) is 8.56. The second-order valence-electron chi connectivity index (χ2n) is 6.95. The summed E-state index contributed by atoms with van der Waals surface area (Å²) in [5.41, 5.74) is 1.22. The molecule has 0 bridgehead atoms. The van der Waals surface area contributed by atoms with Crippen LogP contribution in [0.1, 0.15) is 31.4 Å². The summed E-state index contributed by atoms with van der Waals surface area (Å²) in [6.07, 6.45) is 4.84. The van der Waals surface area contributed by atoms with Gasteiger partial charge < -0.3 is 9.84 Å². The van der Waals surface area contributed by atoms with Gasteiger partial charge in [-0.25, -0.2) is 4.98 Å². The first-order valence-electron chi connectivity index (χ1n) is 8.56. The molecular weight excluding hydrogens is 306 g/mol. The summed E-state index contributed by atoms with van der Waals surface area (Å²) in [6.45, 7) is 1.52. The average molecular weight is 329 g/mol. The van der Waals surface area contributed by atoms with Gasteiger partial charge in [-0.3, -0.25) is 14.1 Å². The van der Waals surface area contributed by atoms with E-state index in [0.717, 1.165) is 37.9 Å². The number of aliphatic hydroxyl groups excluding tert-OH is 1. The Morgan fingerprint density at radius 2 is 2.29 bits per heavy atom. The first-order chi connectivity index (χ1) is 11.6. The Kier molecular flexibility index (Phi) is 3.90. The van der Waals surface area contributed by atoms with Crippen LogP contribution in [0.3, 0.4) is 0 Å². The van der Waals surface area contributed by atoms with Crippen molar-refractivity contribution in [2.45, 2.75) is 50.0 Å². The topological polar surface area (TPSA) is 67.1 Å². The Morgan fingerprint density at radius 3 is 3.12 bits per heavy atom. The van der Waals surface area contributed by atoms with Crippen molar-refractivity contribution in [3.8, 4) is 0 Å². The highest BCUT2D eigenvalue weighted by Gasteiger charge is 2.50. The minimum Gasteiger partial charge on any atom is -0.393 e. The SMILES string of the molecule is CO[C@@]12CC[C@H](O)C[C@@H]1N(Cc1cc(=O)n3ccccc3n1)CC2. The largest absolute Gasteiger partial charge is 0.393 e. The van der Waals surface area contributed by atoms with Gasteiger partial charge in [-0.15, -0.1) is 0 Å². The van der Waals surface area contributed by atoms with Gasteiger partial charge in [-0.05, 0) is 37.8 Å². The smallest absolute Gasteiger partial charge is 0.258 e. The molecule has 0 aromatic carbocycles. The highest BCUT2D eigenvalue weighted by atomic mass is 16.5. The van der Waals surface area contributed by atoms with E-state index in [2.05, 4.69) is 9.88 Å². The number of hydrogen-bond acceptors (Lipinski definition) is 5. The third kappa shape index (κ3) is 2.55. The Morgan fingerprint density at radius 1 is 1.42 bits per heavy atom. The third-order valence-corrected chi connectivity index (χ3v) is 5.66. The fourth-order valence-electron chi connectivity index (χ4n) is 4.35. The lowest BCUT2D eigenvalue weighted by atomic mass is 9.79. The van der Waals surface area contributed by atoms with Crippen LogP contribution in [0.25, 0.3) is 5.65 Å². The van der Waals surface area contributed by atoms with Gasteiger partial charge >= 0.3 is 0 Å². The molecule has 1 aliphatic carbocycles. The molecule has 0 unspecified atom stereocenters. The third-order valence-electron chi connectivity index (χ3n) is 5.66. The monoisotopic (exact) mass is 329 g/mol. The van der Waals surface area contributed by atoms with E-state index in [0.29, 0.717) is 12.2 Å². The molecule has 2 aromatic rings. The lowest BCUT2D eigenvalue weighted by Gasteiger charge is -2.42. The summed E-state index contributed by atoms with van der Waals surface area (Å²) >= 11 is 0. The number of nitrogens with zero attached hydrogens (tertiary/aromatic N) is 3. The molecular formula is C18H23N3O3. The van der Waals surface area contributed by atoms with Gasteiger partial charge in [0.2, 0.25) is 0 Å². The molecule has 1 saturated heterocycles. The molecule has 1 aliphatic heterocycles. The fourth-order valence-corrected chi connectivity index (χ4v) is 4.35. The maximum atomic E-state index is 12.3. The summed E-state index contributed by atoms with van der Waals surface area (Å²) in [7, 11) is 1.77. The lowest BCUT2D eigenvalue weighted by Crippen LogP contribution is -2.51. The number of likely N-dealkylation sites (tertiary alicyclic amines) is 1. The zero-order chi connectivity index (χ0) is 16.7. The summed E-state index contributed by atoms with van der Waals surface area (Å²) in [5.74, 6) is 0. The zero-order valence-electron chi connectivity index (χ0n) is 13.9. The summed E-state index contributed by atoms with van der Waals surface area (Å²) in [5, 5.41) is 10.1. The van der Waals surface area contributed by atoms with Crippen molar-refractivity contribution in [3.63, 3.8) is 0 Å². The van der Waals surface area contributed by atoms with E-state index in [1.165, 1.54) is 0 Å². The van der Waals surface area contributed by atoms with Crippen molar-refractivity contribution in [1.82, 2.24) is 14.3 Å². The predicted octanol–water partition coefficient (Wildman–Crippen LogP) is 1.20. The molecule has 128 valence electrons. The standard InChI is InChI=1S/C18H23N3O3/c1-24-18-6-5-14(22)11-15(18)20(9-7-18)12-13-10-17(23)21-8-3-2-4-16(21)19-13/h2-4,8,10,14-15,22H,5-7,9,11-12H2,1H3/t14-,15-,18+/m0/s1. The van der Waals surface area contributed by atoms with Crippen LogP contribution in [-0.4, -0.2) is 50.8 Å². The van der Waals surface area contributed by atoms with Crippen LogP contribution in [-0.2, 0) is 11.3 Å². The number of methoxy groups -OCH3 is 1. The van der Waals surface area contributed by atoms with Gasteiger partial charge in [0.15, 0.2) is 0 Å². The molecule has 3 heterocycles. The molecule has 24 heavy (non-hydrogen) atoms. The number of rotatable bonds is 3. The van der Waals surface area contributed by atoms with E-state index in [4.69, 9.17) is 4.74 Å². The predicted molar refractivity (Wildman–Crippen MR) is 89.9 cm³/mol. The van der Waals surface area contributed by atoms with E-state index in [-0.39, 0.29) is 23.3 Å². The summed E-state index contributed by atoms with van der Waals surface area (Å²) in [6, 6.07) is 7.35. The molecule has 2 fully saturated rings. The van der Waals surface area contributed by atoms with Gasteiger partial charge in [0.25, 0.3) is 5.56 Å².